The van der Waals surface area contributed by atoms with Crippen LogP contribution < -0.4 is 21.2 Å². The molecule has 27 heavy (non-hydrogen) atoms. The molecule has 0 amide bonds. The van der Waals surface area contributed by atoms with E-state index >= 15 is 0 Å². The number of aliphatic hydroxyl groups excluding tert-OH is 2. The first-order chi connectivity index (χ1) is 12.5. The summed E-state index contributed by atoms with van der Waals surface area (Å²) in [5.74, 6) is 0.117. The van der Waals surface area contributed by atoms with Crippen LogP contribution in [-0.2, 0) is 22.7 Å². The van der Waals surface area contributed by atoms with E-state index in [1.54, 1.807) is 0 Å². The summed E-state index contributed by atoms with van der Waals surface area (Å²) in [5.41, 5.74) is 5.95. The number of rotatable bonds is 6. The van der Waals surface area contributed by atoms with E-state index in [-0.39, 0.29) is 23.3 Å². The van der Waals surface area contributed by atoms with Gasteiger partial charge in [0.2, 0.25) is 12.6 Å². The summed E-state index contributed by atoms with van der Waals surface area (Å²) < 4.78 is 37.0. The number of hydrogen-bond donors (Lipinski definition) is 6. The van der Waals surface area contributed by atoms with Gasteiger partial charge in [-0.15, -0.1) is 0 Å². The Morgan fingerprint density at radius 3 is 2.63 bits per heavy atom. The highest BCUT2D eigenvalue weighted by Gasteiger charge is 2.49. The average molecular weight is 428 g/mol. The van der Waals surface area contributed by atoms with Crippen molar-refractivity contribution in [2.75, 3.05) is 19.0 Å². The lowest BCUT2D eigenvalue weighted by Gasteiger charge is -2.17. The molecule has 0 spiro atoms. The SMILES string of the molecule is Nc1ncnc2c1=NC[N+]=2C1OC(COP(=O)(O)OP(=O)(O)O)C(O)C1O. The summed E-state index contributed by atoms with van der Waals surface area (Å²) in [4.78, 5) is 38.3. The number of nitrogens with zero attached hydrogens (tertiary/aromatic N) is 4. The molecule has 7 N–H and O–H groups in total. The van der Waals surface area contributed by atoms with Crippen LogP contribution in [0.25, 0.3) is 0 Å². The van der Waals surface area contributed by atoms with Gasteiger partial charge in [0.1, 0.15) is 18.3 Å². The second-order valence-electron chi connectivity index (χ2n) is 5.58. The summed E-state index contributed by atoms with van der Waals surface area (Å²) in [6.45, 7) is -0.799. The molecule has 1 saturated heterocycles. The van der Waals surface area contributed by atoms with E-state index in [9.17, 15) is 24.2 Å². The van der Waals surface area contributed by atoms with Gasteiger partial charge in [0, 0.05) is 0 Å². The lowest BCUT2D eigenvalue weighted by atomic mass is 10.1. The van der Waals surface area contributed by atoms with Gasteiger partial charge in [-0.1, -0.05) is 0 Å². The number of phosphoric ester groups is 1. The van der Waals surface area contributed by atoms with Crippen molar-refractivity contribution in [2.24, 2.45) is 4.99 Å². The van der Waals surface area contributed by atoms with Crippen molar-refractivity contribution in [3.63, 3.8) is 0 Å². The lowest BCUT2D eigenvalue weighted by Crippen LogP contribution is -2.48. The predicted molar refractivity (Wildman–Crippen MR) is 82.9 cm³/mol. The zero-order chi connectivity index (χ0) is 20.0. The number of aliphatic hydroxyl groups is 2. The molecule has 5 unspecified atom stereocenters. The van der Waals surface area contributed by atoms with Gasteiger partial charge < -0.3 is 35.4 Å². The van der Waals surface area contributed by atoms with Gasteiger partial charge in [-0.25, -0.2) is 18.7 Å². The van der Waals surface area contributed by atoms with Crippen LogP contribution in [0.1, 0.15) is 0 Å². The maximum absolute atomic E-state index is 11.5. The van der Waals surface area contributed by atoms with E-state index in [0.717, 1.165) is 0 Å². The molecule has 3 heterocycles. The summed E-state index contributed by atoms with van der Waals surface area (Å²) in [6.07, 6.45) is -4.30. The molecule has 5 atom stereocenters. The van der Waals surface area contributed by atoms with Crippen molar-refractivity contribution < 1.29 is 47.6 Å². The minimum absolute atomic E-state index is 0.0000608. The monoisotopic (exact) mass is 428 g/mol. The minimum atomic E-state index is -5.28. The fourth-order valence-corrected chi connectivity index (χ4v) is 4.21. The Morgan fingerprint density at radius 1 is 1.26 bits per heavy atom. The van der Waals surface area contributed by atoms with Crippen LogP contribution in [0.4, 0.5) is 5.82 Å². The van der Waals surface area contributed by atoms with Crippen LogP contribution in [0.5, 0.6) is 0 Å². The summed E-state index contributed by atoms with van der Waals surface area (Å²) in [7, 11) is -10.4. The van der Waals surface area contributed by atoms with Gasteiger partial charge in [0.15, 0.2) is 17.8 Å². The van der Waals surface area contributed by atoms with Crippen LogP contribution in [-0.4, -0.2) is 72.7 Å². The standard InChI is InChI=1S/C10H15N5O10P2/c11-8-5-9(13-2-12-8)15(3-14-5)10-7(17)6(16)4(24-10)1-23-27(21,22)25-26(18,19)20/h2,4,6-7,10-11,16-17H,1,3H2,(H3,18,19,20,21,22)/p+1. The Kier molecular flexibility index (Phi) is 5.44. The van der Waals surface area contributed by atoms with Crippen LogP contribution in [0.3, 0.4) is 0 Å². The van der Waals surface area contributed by atoms with Crippen molar-refractivity contribution in [1.82, 2.24) is 14.5 Å². The van der Waals surface area contributed by atoms with Gasteiger partial charge in [-0.3, -0.25) is 4.52 Å². The summed E-state index contributed by atoms with van der Waals surface area (Å²) in [5, 5.41) is 20.6. The molecule has 1 aromatic heterocycles. The molecule has 1 fully saturated rings. The van der Waals surface area contributed by atoms with Gasteiger partial charge in [-0.2, -0.15) is 9.29 Å². The number of aromatic nitrogens is 2. The maximum atomic E-state index is 11.5. The predicted octanol–water partition coefficient (Wildman–Crippen LogP) is -4.19. The number of fused-ring (bicyclic) bond motifs is 1. The fraction of sp³-hybridized carbons (Fsp3) is 0.600. The highest BCUT2D eigenvalue weighted by atomic mass is 31.3. The van der Waals surface area contributed by atoms with Gasteiger partial charge in [0.05, 0.1) is 6.61 Å². The van der Waals surface area contributed by atoms with Crippen LogP contribution >= 0.6 is 15.6 Å². The Balaban J connectivity index is 1.76. The third-order valence-electron chi connectivity index (χ3n) is 3.74. The van der Waals surface area contributed by atoms with E-state index in [0.29, 0.717) is 0 Å². The Hall–Kier alpha value is -1.38. The van der Waals surface area contributed by atoms with Crippen molar-refractivity contribution >= 4 is 21.5 Å². The number of nitrogen functional groups attached to an aromatic ring is 1. The first-order valence-electron chi connectivity index (χ1n) is 7.29. The van der Waals surface area contributed by atoms with Crippen molar-refractivity contribution in [2.45, 2.75) is 24.5 Å². The van der Waals surface area contributed by atoms with Crippen LogP contribution in [0.2, 0.25) is 0 Å². The van der Waals surface area contributed by atoms with Gasteiger partial charge >= 0.3 is 21.1 Å². The number of anilines is 1. The maximum Gasteiger partial charge on any atom is 0.481 e. The van der Waals surface area contributed by atoms with Crippen molar-refractivity contribution in [3.8, 4) is 0 Å². The Morgan fingerprint density at radius 2 is 1.96 bits per heavy atom. The van der Waals surface area contributed by atoms with E-state index in [2.05, 4.69) is 23.8 Å². The molecule has 150 valence electrons. The molecule has 15 nitrogen and oxygen atoms in total. The topological polar surface area (TPSA) is 230 Å². The molecular formula is C10H16N5O10P2+. The molecule has 0 bridgehead atoms. The zero-order valence-electron chi connectivity index (χ0n) is 13.3. The van der Waals surface area contributed by atoms with Crippen molar-refractivity contribution in [1.29, 1.82) is 0 Å². The summed E-state index contributed by atoms with van der Waals surface area (Å²) in [6, 6.07) is 0. The van der Waals surface area contributed by atoms with Gasteiger partial charge in [0.25, 0.3) is 0 Å². The Bertz CT molecular complexity index is 952. The highest BCUT2D eigenvalue weighted by molar-refractivity contribution is 7.60. The van der Waals surface area contributed by atoms with E-state index in [1.807, 2.05) is 0 Å². The molecule has 1 aromatic rings. The average Bonchev–Trinajstić information content (AvgIpc) is 3.07. The molecule has 0 radical (unpaired) electrons. The highest BCUT2D eigenvalue weighted by Crippen LogP contribution is 2.57. The molecular weight excluding hydrogens is 412 g/mol. The van der Waals surface area contributed by atoms with E-state index in [1.165, 1.54) is 10.9 Å². The van der Waals surface area contributed by atoms with Crippen molar-refractivity contribution in [3.05, 3.63) is 17.2 Å². The zero-order valence-corrected chi connectivity index (χ0v) is 15.1. The number of phosphoric acid groups is 2. The van der Waals surface area contributed by atoms with Crippen LogP contribution in [0, 0.1) is 0 Å². The first kappa shape index (κ1) is 20.4. The van der Waals surface area contributed by atoms with Gasteiger partial charge in [-0.05, 0) is 4.98 Å². The molecule has 0 aliphatic carbocycles. The van der Waals surface area contributed by atoms with E-state index < -0.39 is 46.8 Å². The fourth-order valence-electron chi connectivity index (χ4n) is 2.61. The lowest BCUT2D eigenvalue weighted by molar-refractivity contribution is -0.0420. The second kappa shape index (κ2) is 7.22. The normalized spacial score (nSPS) is 30.0. The Labute approximate surface area is 150 Å². The quantitative estimate of drug-likeness (QED) is 0.187. The molecule has 3 rings (SSSR count). The third-order valence-corrected chi connectivity index (χ3v) is 5.89. The first-order valence-corrected chi connectivity index (χ1v) is 10.3. The molecule has 0 aromatic carbocycles. The molecule has 17 heteroatoms. The second-order valence-corrected chi connectivity index (χ2v) is 8.41. The van der Waals surface area contributed by atoms with E-state index in [4.69, 9.17) is 20.3 Å². The number of hydrogen-bond acceptors (Lipinski definition) is 11. The molecule has 0 saturated carbocycles. The summed E-state index contributed by atoms with van der Waals surface area (Å²) >= 11 is 0. The number of ether oxygens (including phenoxy) is 1. The van der Waals surface area contributed by atoms with Crippen LogP contribution in [0.15, 0.2) is 11.3 Å². The smallest absolute Gasteiger partial charge is 0.387 e. The third kappa shape index (κ3) is 4.38. The molecule has 2 aliphatic rings. The molecule has 2 aliphatic heterocycles. The minimum Gasteiger partial charge on any atom is -0.387 e. The largest absolute Gasteiger partial charge is 0.481 e. The number of nitrogens with two attached hydrogens (primary N) is 1.